The SMILES string of the molecule is COC(=O)c1cc(CSc2nnc3n2CCCCC3)oc1C. The topological polar surface area (TPSA) is 70.2 Å². The van der Waals surface area contributed by atoms with E-state index in [1.165, 1.54) is 26.4 Å². The highest BCUT2D eigenvalue weighted by Crippen LogP contribution is 2.26. The summed E-state index contributed by atoms with van der Waals surface area (Å²) in [4.78, 5) is 11.6. The van der Waals surface area contributed by atoms with E-state index in [9.17, 15) is 4.79 Å². The van der Waals surface area contributed by atoms with Gasteiger partial charge in [0.15, 0.2) is 5.16 Å². The minimum atomic E-state index is -0.367. The fourth-order valence-electron chi connectivity index (χ4n) is 2.63. The fraction of sp³-hybridized carbons (Fsp3) is 0.533. The summed E-state index contributed by atoms with van der Waals surface area (Å²) in [5.74, 6) is 2.66. The Labute approximate surface area is 133 Å². The van der Waals surface area contributed by atoms with E-state index in [0.717, 1.165) is 29.7 Å². The minimum absolute atomic E-state index is 0.367. The van der Waals surface area contributed by atoms with Gasteiger partial charge in [-0.3, -0.25) is 0 Å². The Morgan fingerprint density at radius 2 is 2.27 bits per heavy atom. The molecule has 0 spiro atoms. The van der Waals surface area contributed by atoms with Gasteiger partial charge in [-0.1, -0.05) is 18.2 Å². The van der Waals surface area contributed by atoms with E-state index in [0.29, 0.717) is 17.1 Å². The number of nitrogens with zero attached hydrogens (tertiary/aromatic N) is 3. The maximum absolute atomic E-state index is 11.6. The Morgan fingerprint density at radius 3 is 3.09 bits per heavy atom. The lowest BCUT2D eigenvalue weighted by atomic mass is 10.2. The Hall–Kier alpha value is -1.76. The maximum atomic E-state index is 11.6. The molecule has 0 aromatic carbocycles. The second kappa shape index (κ2) is 6.56. The molecular weight excluding hydrogens is 302 g/mol. The molecular formula is C15H19N3O3S. The summed E-state index contributed by atoms with van der Waals surface area (Å²) in [5.41, 5.74) is 0.484. The summed E-state index contributed by atoms with van der Waals surface area (Å²) in [6, 6.07) is 1.74. The molecule has 0 saturated heterocycles. The first kappa shape index (κ1) is 15.1. The van der Waals surface area contributed by atoms with E-state index in [1.54, 1.807) is 24.8 Å². The van der Waals surface area contributed by atoms with Gasteiger partial charge < -0.3 is 13.7 Å². The number of aromatic nitrogens is 3. The highest BCUT2D eigenvalue weighted by Gasteiger charge is 2.18. The molecule has 1 aliphatic heterocycles. The van der Waals surface area contributed by atoms with Crippen molar-refractivity contribution in [1.82, 2.24) is 14.8 Å². The van der Waals surface area contributed by atoms with Crippen LogP contribution < -0.4 is 0 Å². The van der Waals surface area contributed by atoms with E-state index in [2.05, 4.69) is 14.8 Å². The Bertz CT molecular complexity index is 678. The van der Waals surface area contributed by atoms with Crippen molar-refractivity contribution < 1.29 is 13.9 Å². The summed E-state index contributed by atoms with van der Waals surface area (Å²) in [7, 11) is 1.37. The Morgan fingerprint density at radius 1 is 1.41 bits per heavy atom. The van der Waals surface area contributed by atoms with Crippen molar-refractivity contribution in [2.45, 2.75) is 50.1 Å². The Balaban J connectivity index is 1.71. The second-order valence-electron chi connectivity index (χ2n) is 5.32. The van der Waals surface area contributed by atoms with E-state index < -0.39 is 0 Å². The molecule has 0 saturated carbocycles. The monoisotopic (exact) mass is 321 g/mol. The third-order valence-corrected chi connectivity index (χ3v) is 4.78. The van der Waals surface area contributed by atoms with Gasteiger partial charge in [0.05, 0.1) is 12.9 Å². The van der Waals surface area contributed by atoms with Gasteiger partial charge in [-0.05, 0) is 25.8 Å². The zero-order valence-electron chi connectivity index (χ0n) is 12.8. The molecule has 0 atom stereocenters. The molecule has 0 unspecified atom stereocenters. The molecule has 118 valence electrons. The van der Waals surface area contributed by atoms with Crippen molar-refractivity contribution in [3.05, 3.63) is 29.0 Å². The van der Waals surface area contributed by atoms with Crippen LogP contribution in [0.5, 0.6) is 0 Å². The number of carbonyl (C=O) groups excluding carboxylic acids is 1. The molecule has 0 aliphatic carbocycles. The van der Waals surface area contributed by atoms with Gasteiger partial charge in [0.2, 0.25) is 0 Å². The molecule has 0 N–H and O–H groups in total. The Kier molecular flexibility index (Phi) is 4.52. The normalized spacial score (nSPS) is 14.5. The molecule has 0 fully saturated rings. The molecule has 0 amide bonds. The first-order valence-electron chi connectivity index (χ1n) is 7.41. The lowest BCUT2D eigenvalue weighted by Gasteiger charge is -2.05. The minimum Gasteiger partial charge on any atom is -0.465 e. The summed E-state index contributed by atoms with van der Waals surface area (Å²) < 4.78 is 12.6. The average molecular weight is 321 g/mol. The highest BCUT2D eigenvalue weighted by atomic mass is 32.2. The number of esters is 1. The van der Waals surface area contributed by atoms with Crippen molar-refractivity contribution in [2.75, 3.05) is 7.11 Å². The van der Waals surface area contributed by atoms with Crippen molar-refractivity contribution >= 4 is 17.7 Å². The molecule has 2 aromatic heterocycles. The average Bonchev–Trinajstić information content (AvgIpc) is 2.99. The van der Waals surface area contributed by atoms with Gasteiger partial charge in [-0.25, -0.2) is 4.79 Å². The third kappa shape index (κ3) is 3.04. The molecule has 2 aromatic rings. The predicted molar refractivity (Wildman–Crippen MR) is 81.9 cm³/mol. The molecule has 1 aliphatic rings. The largest absolute Gasteiger partial charge is 0.465 e. The zero-order valence-corrected chi connectivity index (χ0v) is 13.6. The van der Waals surface area contributed by atoms with E-state index in [4.69, 9.17) is 9.15 Å². The molecule has 0 radical (unpaired) electrons. The van der Waals surface area contributed by atoms with Crippen LogP contribution in [0.1, 0.15) is 47.0 Å². The van der Waals surface area contributed by atoms with Crippen LogP contribution in [0, 0.1) is 6.92 Å². The van der Waals surface area contributed by atoms with Crippen LogP contribution in [-0.2, 0) is 23.5 Å². The molecule has 3 heterocycles. The lowest BCUT2D eigenvalue weighted by molar-refractivity contribution is 0.0599. The molecule has 22 heavy (non-hydrogen) atoms. The van der Waals surface area contributed by atoms with Gasteiger partial charge in [0.1, 0.15) is 22.9 Å². The molecule has 6 nitrogen and oxygen atoms in total. The van der Waals surface area contributed by atoms with Crippen LogP contribution in [-0.4, -0.2) is 27.8 Å². The molecule has 0 bridgehead atoms. The first-order chi connectivity index (χ1) is 10.7. The summed E-state index contributed by atoms with van der Waals surface area (Å²) in [5, 5.41) is 9.48. The van der Waals surface area contributed by atoms with Gasteiger partial charge in [-0.15, -0.1) is 10.2 Å². The van der Waals surface area contributed by atoms with Gasteiger partial charge in [-0.2, -0.15) is 0 Å². The van der Waals surface area contributed by atoms with Crippen molar-refractivity contribution in [2.24, 2.45) is 0 Å². The highest BCUT2D eigenvalue weighted by molar-refractivity contribution is 7.98. The van der Waals surface area contributed by atoms with E-state index in [1.807, 2.05) is 0 Å². The lowest BCUT2D eigenvalue weighted by Crippen LogP contribution is -2.02. The van der Waals surface area contributed by atoms with Crippen molar-refractivity contribution in [1.29, 1.82) is 0 Å². The number of methoxy groups -OCH3 is 1. The number of rotatable bonds is 4. The van der Waals surface area contributed by atoms with E-state index >= 15 is 0 Å². The predicted octanol–water partition coefficient (Wildman–Crippen LogP) is 2.98. The molecule has 7 heteroatoms. The number of ether oxygens (including phenoxy) is 1. The van der Waals surface area contributed by atoms with Gasteiger partial charge >= 0.3 is 5.97 Å². The van der Waals surface area contributed by atoms with Crippen LogP contribution in [0.15, 0.2) is 15.6 Å². The summed E-state index contributed by atoms with van der Waals surface area (Å²) in [6.45, 7) is 2.75. The van der Waals surface area contributed by atoms with Gasteiger partial charge in [0.25, 0.3) is 0 Å². The fourth-order valence-corrected chi connectivity index (χ4v) is 3.49. The van der Waals surface area contributed by atoms with Crippen molar-refractivity contribution in [3.8, 4) is 0 Å². The number of aryl methyl sites for hydroxylation is 2. The summed E-state index contributed by atoms with van der Waals surface area (Å²) >= 11 is 1.59. The van der Waals surface area contributed by atoms with Gasteiger partial charge in [0, 0.05) is 13.0 Å². The molecule has 3 rings (SSSR count). The van der Waals surface area contributed by atoms with Crippen molar-refractivity contribution in [3.63, 3.8) is 0 Å². The second-order valence-corrected chi connectivity index (χ2v) is 6.27. The number of hydrogen-bond acceptors (Lipinski definition) is 6. The summed E-state index contributed by atoms with van der Waals surface area (Å²) in [6.07, 6.45) is 4.60. The van der Waals surface area contributed by atoms with E-state index in [-0.39, 0.29) is 5.97 Å². The number of fused-ring (bicyclic) bond motifs is 1. The van der Waals surface area contributed by atoms with Crippen LogP contribution in [0.25, 0.3) is 0 Å². The van der Waals surface area contributed by atoms with Crippen LogP contribution in [0.2, 0.25) is 0 Å². The quantitative estimate of drug-likeness (QED) is 0.637. The smallest absolute Gasteiger partial charge is 0.341 e. The maximum Gasteiger partial charge on any atom is 0.341 e. The number of carbonyl (C=O) groups is 1. The van der Waals surface area contributed by atoms with Crippen LogP contribution in [0.4, 0.5) is 0 Å². The third-order valence-electron chi connectivity index (χ3n) is 3.79. The number of thioether (sulfide) groups is 1. The first-order valence-corrected chi connectivity index (χ1v) is 8.40. The standard InChI is InChI=1S/C15H19N3O3S/c1-10-12(14(19)20-2)8-11(21-10)9-22-15-17-16-13-6-4-3-5-7-18(13)15/h8H,3-7,9H2,1-2H3. The van der Waals surface area contributed by atoms with Crippen LogP contribution >= 0.6 is 11.8 Å². The zero-order chi connectivity index (χ0) is 15.5. The van der Waals surface area contributed by atoms with Crippen LogP contribution in [0.3, 0.4) is 0 Å². The number of furan rings is 1. The number of hydrogen-bond donors (Lipinski definition) is 0.